The van der Waals surface area contributed by atoms with Crippen molar-refractivity contribution in [1.29, 1.82) is 0 Å². The third-order valence-electron chi connectivity index (χ3n) is 6.04. The predicted molar refractivity (Wildman–Crippen MR) is 110 cm³/mol. The molecule has 2 aliphatic heterocycles. The van der Waals surface area contributed by atoms with Gasteiger partial charge in [-0.1, -0.05) is 0 Å². The van der Waals surface area contributed by atoms with Gasteiger partial charge < -0.3 is 15.1 Å². The molecule has 1 atom stereocenters. The lowest BCUT2D eigenvalue weighted by Crippen LogP contribution is -2.46. The maximum atomic E-state index is 14.4. The molecular formula is C22H23F2N5O. The van der Waals surface area contributed by atoms with E-state index < -0.39 is 11.6 Å². The summed E-state index contributed by atoms with van der Waals surface area (Å²) in [5, 5.41) is 7.58. The van der Waals surface area contributed by atoms with Crippen LogP contribution in [0, 0.1) is 11.6 Å². The minimum Gasteiger partial charge on any atom is -0.364 e. The zero-order valence-corrected chi connectivity index (χ0v) is 16.5. The molecule has 0 bridgehead atoms. The number of aromatic nitrogens is 2. The van der Waals surface area contributed by atoms with Crippen molar-refractivity contribution in [3.8, 4) is 0 Å². The second kappa shape index (κ2) is 7.68. The first kappa shape index (κ1) is 19.0. The number of anilines is 1. The van der Waals surface area contributed by atoms with Crippen LogP contribution in [0.15, 0.2) is 42.7 Å². The van der Waals surface area contributed by atoms with Gasteiger partial charge in [-0.05, 0) is 43.2 Å². The van der Waals surface area contributed by atoms with E-state index in [9.17, 15) is 13.6 Å². The lowest BCUT2D eigenvalue weighted by molar-refractivity contribution is 0.0737. The third-order valence-corrected chi connectivity index (χ3v) is 6.04. The van der Waals surface area contributed by atoms with Gasteiger partial charge in [0, 0.05) is 50.2 Å². The summed E-state index contributed by atoms with van der Waals surface area (Å²) in [5.41, 5.74) is 2.54. The molecule has 5 rings (SSSR count). The fraction of sp³-hybridized carbons (Fsp3) is 0.364. The summed E-state index contributed by atoms with van der Waals surface area (Å²) in [7, 11) is 0. The van der Waals surface area contributed by atoms with Crippen molar-refractivity contribution >= 4 is 17.1 Å². The molecule has 1 N–H and O–H groups in total. The molecule has 6 nitrogen and oxygen atoms in total. The van der Waals surface area contributed by atoms with E-state index in [1.165, 1.54) is 12.1 Å². The normalized spacial score (nSPS) is 19.6. The molecule has 2 aromatic heterocycles. The van der Waals surface area contributed by atoms with Gasteiger partial charge in [0.2, 0.25) is 0 Å². The quantitative estimate of drug-likeness (QED) is 0.720. The summed E-state index contributed by atoms with van der Waals surface area (Å²) in [6, 6.07) is 7.22. The summed E-state index contributed by atoms with van der Waals surface area (Å²) >= 11 is 0. The van der Waals surface area contributed by atoms with E-state index in [4.69, 9.17) is 0 Å². The smallest absolute Gasteiger partial charge is 0.257 e. The Hall–Kier alpha value is -3.00. The van der Waals surface area contributed by atoms with Crippen LogP contribution in [0.5, 0.6) is 0 Å². The Bertz CT molecular complexity index is 1090. The number of amides is 1. The number of hydrogen-bond donors (Lipinski definition) is 1. The zero-order chi connectivity index (χ0) is 20.7. The van der Waals surface area contributed by atoms with Crippen molar-refractivity contribution in [2.75, 3.05) is 37.6 Å². The van der Waals surface area contributed by atoms with E-state index in [2.05, 4.69) is 15.3 Å². The van der Waals surface area contributed by atoms with Gasteiger partial charge in [0.15, 0.2) is 0 Å². The molecule has 0 aliphatic carbocycles. The van der Waals surface area contributed by atoms with Gasteiger partial charge in [-0.15, -0.1) is 0 Å². The van der Waals surface area contributed by atoms with Gasteiger partial charge >= 0.3 is 0 Å². The highest BCUT2D eigenvalue weighted by Crippen LogP contribution is 2.38. The molecule has 0 saturated carbocycles. The van der Waals surface area contributed by atoms with Crippen molar-refractivity contribution in [3.63, 3.8) is 0 Å². The largest absolute Gasteiger partial charge is 0.364 e. The number of nitrogens with zero attached hydrogens (tertiary/aromatic N) is 4. The Morgan fingerprint density at radius 3 is 2.77 bits per heavy atom. The molecule has 2 saturated heterocycles. The molecule has 0 radical (unpaired) electrons. The second-order valence-corrected chi connectivity index (χ2v) is 7.83. The molecule has 0 unspecified atom stereocenters. The molecule has 2 aliphatic rings. The lowest BCUT2D eigenvalue weighted by Gasteiger charge is -2.28. The Kier molecular flexibility index (Phi) is 4.86. The van der Waals surface area contributed by atoms with Crippen molar-refractivity contribution in [2.24, 2.45) is 0 Å². The van der Waals surface area contributed by atoms with Crippen LogP contribution in [-0.2, 0) is 0 Å². The number of hydrogen-bond acceptors (Lipinski definition) is 4. The van der Waals surface area contributed by atoms with E-state index in [-0.39, 0.29) is 11.9 Å². The van der Waals surface area contributed by atoms with Crippen molar-refractivity contribution in [1.82, 2.24) is 19.8 Å². The van der Waals surface area contributed by atoms with Gasteiger partial charge in [0.05, 0.1) is 23.3 Å². The van der Waals surface area contributed by atoms with Crippen molar-refractivity contribution in [3.05, 3.63) is 65.5 Å². The molecule has 156 valence electrons. The Labute approximate surface area is 173 Å². The van der Waals surface area contributed by atoms with E-state index in [0.717, 1.165) is 49.7 Å². The number of rotatable bonds is 3. The molecule has 8 heteroatoms. The number of carbonyl (C=O) groups excluding carboxylic acids is 1. The molecule has 2 fully saturated rings. The van der Waals surface area contributed by atoms with E-state index in [1.807, 2.05) is 23.2 Å². The standard InChI is InChI=1S/C22H23F2N5O/c23-15-3-4-19(24)17(12-15)20-2-1-8-28(20)16-5-9-29-21(13-16)18(14-26-29)22(30)27-10-6-25-7-11-27/h3-5,9,12-14,20,25H,1-2,6-8,10-11H2/t20-/m1/s1. The second-order valence-electron chi connectivity index (χ2n) is 7.83. The average molecular weight is 411 g/mol. The van der Waals surface area contributed by atoms with Crippen molar-refractivity contribution < 1.29 is 13.6 Å². The highest BCUT2D eigenvalue weighted by atomic mass is 19.1. The molecule has 1 amide bonds. The highest BCUT2D eigenvalue weighted by molar-refractivity contribution is 6.01. The number of benzene rings is 1. The van der Waals surface area contributed by atoms with E-state index >= 15 is 0 Å². The maximum Gasteiger partial charge on any atom is 0.257 e. The first-order valence-electron chi connectivity index (χ1n) is 10.3. The van der Waals surface area contributed by atoms with E-state index in [0.29, 0.717) is 24.2 Å². The maximum absolute atomic E-state index is 14.4. The number of nitrogens with one attached hydrogen (secondary N) is 1. The fourth-order valence-electron chi connectivity index (χ4n) is 4.52. The molecule has 0 spiro atoms. The Morgan fingerprint density at radius 1 is 1.10 bits per heavy atom. The molecule has 1 aromatic carbocycles. The van der Waals surface area contributed by atoms with Crippen LogP contribution in [-0.4, -0.2) is 53.1 Å². The van der Waals surface area contributed by atoms with Crippen molar-refractivity contribution in [2.45, 2.75) is 18.9 Å². The minimum absolute atomic E-state index is 0.0298. The van der Waals surface area contributed by atoms with E-state index in [1.54, 1.807) is 10.7 Å². The first-order valence-corrected chi connectivity index (χ1v) is 10.3. The van der Waals surface area contributed by atoms with Crippen LogP contribution in [0.1, 0.15) is 34.8 Å². The number of fused-ring (bicyclic) bond motifs is 1. The number of halogens is 2. The van der Waals surface area contributed by atoms with Crippen LogP contribution >= 0.6 is 0 Å². The van der Waals surface area contributed by atoms with Gasteiger partial charge in [0.1, 0.15) is 11.6 Å². The molecule has 4 heterocycles. The fourth-order valence-corrected chi connectivity index (χ4v) is 4.52. The van der Waals surface area contributed by atoms with Gasteiger partial charge in [-0.3, -0.25) is 4.79 Å². The monoisotopic (exact) mass is 411 g/mol. The molecule has 3 aromatic rings. The average Bonchev–Trinajstić information content (AvgIpc) is 3.42. The summed E-state index contributed by atoms with van der Waals surface area (Å²) in [4.78, 5) is 16.9. The molecule has 30 heavy (non-hydrogen) atoms. The predicted octanol–water partition coefficient (Wildman–Crippen LogP) is 3.00. The topological polar surface area (TPSA) is 52.9 Å². The van der Waals surface area contributed by atoms with Gasteiger partial charge in [0.25, 0.3) is 5.91 Å². The summed E-state index contributed by atoms with van der Waals surface area (Å²) in [5.74, 6) is -0.862. The Balaban J connectivity index is 1.50. The zero-order valence-electron chi connectivity index (χ0n) is 16.5. The Morgan fingerprint density at radius 2 is 1.93 bits per heavy atom. The SMILES string of the molecule is O=C(c1cnn2ccc(N3CCC[C@@H]3c3cc(F)ccc3F)cc12)N1CCNCC1. The first-order chi connectivity index (χ1) is 14.6. The number of piperazine rings is 1. The van der Waals surface area contributed by atoms with Crippen LogP contribution in [0.25, 0.3) is 5.52 Å². The summed E-state index contributed by atoms with van der Waals surface area (Å²) < 4.78 is 29.9. The lowest BCUT2D eigenvalue weighted by atomic mass is 10.0. The van der Waals surface area contributed by atoms with Gasteiger partial charge in [-0.25, -0.2) is 13.3 Å². The third kappa shape index (κ3) is 3.31. The minimum atomic E-state index is -0.437. The highest BCUT2D eigenvalue weighted by Gasteiger charge is 2.29. The van der Waals surface area contributed by atoms with Gasteiger partial charge in [-0.2, -0.15) is 5.10 Å². The van der Waals surface area contributed by atoms with Crippen LogP contribution in [0.4, 0.5) is 14.5 Å². The van der Waals surface area contributed by atoms with Crippen LogP contribution < -0.4 is 10.2 Å². The summed E-state index contributed by atoms with van der Waals surface area (Å²) in [6.07, 6.45) is 5.06. The molecular weight excluding hydrogens is 388 g/mol. The number of carbonyl (C=O) groups is 1. The summed E-state index contributed by atoms with van der Waals surface area (Å²) in [6.45, 7) is 3.65. The van der Waals surface area contributed by atoms with Crippen LogP contribution in [0.2, 0.25) is 0 Å². The van der Waals surface area contributed by atoms with Crippen LogP contribution in [0.3, 0.4) is 0 Å². The number of pyridine rings is 1.